The van der Waals surface area contributed by atoms with Gasteiger partial charge in [0.25, 0.3) is 0 Å². The molecule has 2 unspecified atom stereocenters. The zero-order chi connectivity index (χ0) is 23.6. The van der Waals surface area contributed by atoms with Crippen molar-refractivity contribution in [2.75, 3.05) is 5.01 Å². The van der Waals surface area contributed by atoms with Gasteiger partial charge in [0, 0.05) is 17.8 Å². The number of aromatic nitrogens is 4. The van der Waals surface area contributed by atoms with E-state index >= 15 is 0 Å². The summed E-state index contributed by atoms with van der Waals surface area (Å²) in [5.41, 5.74) is 4.20. The van der Waals surface area contributed by atoms with Gasteiger partial charge in [-0.05, 0) is 51.7 Å². The molecule has 0 bridgehead atoms. The zero-order valence-corrected chi connectivity index (χ0v) is 18.7. The van der Waals surface area contributed by atoms with Crippen molar-refractivity contribution in [3.05, 3.63) is 48.9 Å². The van der Waals surface area contributed by atoms with Crippen molar-refractivity contribution >= 4 is 28.7 Å². The van der Waals surface area contributed by atoms with Crippen LogP contribution in [0.15, 0.2) is 48.9 Å². The molecule has 33 heavy (non-hydrogen) atoms. The van der Waals surface area contributed by atoms with Crippen molar-refractivity contribution < 1.29 is 19.4 Å². The molecule has 10 heteroatoms. The number of amides is 1. The molecule has 1 fully saturated rings. The smallest absolute Gasteiger partial charge is 0.312 e. The number of hydrogen-bond acceptors (Lipinski definition) is 8. The highest BCUT2D eigenvalue weighted by molar-refractivity contribution is 5.89. The van der Waals surface area contributed by atoms with E-state index in [2.05, 4.69) is 15.1 Å². The van der Waals surface area contributed by atoms with Crippen molar-refractivity contribution in [3.63, 3.8) is 0 Å². The Labute approximate surface area is 191 Å². The molecule has 2 heterocycles. The number of anilines is 1. The van der Waals surface area contributed by atoms with Gasteiger partial charge in [0.2, 0.25) is 11.9 Å². The van der Waals surface area contributed by atoms with Gasteiger partial charge < -0.3 is 15.6 Å². The summed E-state index contributed by atoms with van der Waals surface area (Å²) in [7, 11) is 0. The molecule has 4 rings (SSSR count). The molecular formula is C23H28N6O4. The molecule has 0 aliphatic heterocycles. The first kappa shape index (κ1) is 22.7. The summed E-state index contributed by atoms with van der Waals surface area (Å²) in [6.45, 7) is 2.67. The number of carbonyl (C=O) groups excluding carboxylic acids is 2. The Kier molecular flexibility index (Phi) is 6.28. The Morgan fingerprint density at radius 3 is 2.52 bits per heavy atom. The van der Waals surface area contributed by atoms with Gasteiger partial charge in [0.15, 0.2) is 5.60 Å². The number of rotatable bonds is 7. The van der Waals surface area contributed by atoms with Crippen LogP contribution in [0.4, 0.5) is 5.95 Å². The SMILES string of the molecule is CC(C(=O)OC1CCC(N(c2ncccn2)n2ncc3ccccc32)CC1)C(C)(O)C(N)=O. The first-order chi connectivity index (χ1) is 15.8. The molecular weight excluding hydrogens is 424 g/mol. The van der Waals surface area contributed by atoms with Crippen molar-refractivity contribution in [2.24, 2.45) is 11.7 Å². The van der Waals surface area contributed by atoms with Crippen LogP contribution in [0, 0.1) is 5.92 Å². The monoisotopic (exact) mass is 452 g/mol. The van der Waals surface area contributed by atoms with E-state index in [0.29, 0.717) is 31.6 Å². The number of nitrogens with zero attached hydrogens (tertiary/aromatic N) is 5. The second kappa shape index (κ2) is 9.14. The Hall–Kier alpha value is -3.53. The lowest BCUT2D eigenvalue weighted by Crippen LogP contribution is -2.50. The van der Waals surface area contributed by atoms with E-state index in [9.17, 15) is 14.7 Å². The van der Waals surface area contributed by atoms with E-state index < -0.39 is 23.4 Å². The van der Waals surface area contributed by atoms with Crippen LogP contribution in [0.5, 0.6) is 0 Å². The molecule has 0 saturated heterocycles. The fourth-order valence-corrected chi connectivity index (χ4v) is 4.06. The van der Waals surface area contributed by atoms with Crippen molar-refractivity contribution in [2.45, 2.75) is 57.3 Å². The number of para-hydroxylation sites is 1. The lowest BCUT2D eigenvalue weighted by molar-refractivity contribution is -0.168. The van der Waals surface area contributed by atoms with Crippen LogP contribution in [-0.2, 0) is 14.3 Å². The Balaban J connectivity index is 1.49. The summed E-state index contributed by atoms with van der Waals surface area (Å²) < 4.78 is 5.61. The quantitative estimate of drug-likeness (QED) is 0.518. The molecule has 1 aliphatic rings. The van der Waals surface area contributed by atoms with E-state index in [1.807, 2.05) is 40.3 Å². The number of aliphatic hydroxyl groups is 1. The van der Waals surface area contributed by atoms with Crippen LogP contribution in [0.3, 0.4) is 0 Å². The molecule has 3 N–H and O–H groups in total. The molecule has 1 amide bonds. The number of hydrogen-bond donors (Lipinski definition) is 2. The highest BCUT2D eigenvalue weighted by Crippen LogP contribution is 2.30. The number of primary amides is 1. The zero-order valence-electron chi connectivity index (χ0n) is 18.7. The summed E-state index contributed by atoms with van der Waals surface area (Å²) in [6.07, 6.45) is 7.55. The van der Waals surface area contributed by atoms with Crippen LogP contribution < -0.4 is 10.7 Å². The van der Waals surface area contributed by atoms with Gasteiger partial charge in [-0.15, -0.1) is 0 Å². The summed E-state index contributed by atoms with van der Waals surface area (Å²) in [5.74, 6) is -2.11. The Bertz CT molecular complexity index is 1120. The van der Waals surface area contributed by atoms with Crippen LogP contribution in [0.25, 0.3) is 10.9 Å². The summed E-state index contributed by atoms with van der Waals surface area (Å²) >= 11 is 0. The van der Waals surface area contributed by atoms with Gasteiger partial charge in [-0.25, -0.2) is 15.0 Å². The highest BCUT2D eigenvalue weighted by Gasteiger charge is 2.41. The highest BCUT2D eigenvalue weighted by atomic mass is 16.5. The van der Waals surface area contributed by atoms with Crippen molar-refractivity contribution in [3.8, 4) is 0 Å². The molecule has 174 valence electrons. The van der Waals surface area contributed by atoms with E-state index in [0.717, 1.165) is 10.9 Å². The third-order valence-corrected chi connectivity index (χ3v) is 6.39. The first-order valence-corrected chi connectivity index (χ1v) is 11.0. The molecule has 0 spiro atoms. The van der Waals surface area contributed by atoms with E-state index in [1.165, 1.54) is 13.8 Å². The average Bonchev–Trinajstić information content (AvgIpc) is 3.24. The fourth-order valence-electron chi connectivity index (χ4n) is 4.06. The van der Waals surface area contributed by atoms with E-state index in [4.69, 9.17) is 10.5 Å². The summed E-state index contributed by atoms with van der Waals surface area (Å²) in [5, 5.41) is 17.8. The van der Waals surface area contributed by atoms with Crippen LogP contribution in [0.2, 0.25) is 0 Å². The predicted octanol–water partition coefficient (Wildman–Crippen LogP) is 1.82. The molecule has 1 aliphatic carbocycles. The summed E-state index contributed by atoms with van der Waals surface area (Å²) in [4.78, 5) is 34.7. The first-order valence-electron chi connectivity index (χ1n) is 11.0. The minimum absolute atomic E-state index is 0.0387. The van der Waals surface area contributed by atoms with Crippen LogP contribution >= 0.6 is 0 Å². The maximum atomic E-state index is 12.5. The van der Waals surface area contributed by atoms with Gasteiger partial charge in [0.1, 0.15) is 6.10 Å². The van der Waals surface area contributed by atoms with Gasteiger partial charge in [-0.1, -0.05) is 18.2 Å². The topological polar surface area (TPSA) is 136 Å². The largest absolute Gasteiger partial charge is 0.462 e. The molecule has 2 aromatic heterocycles. The average molecular weight is 453 g/mol. The number of esters is 1. The Morgan fingerprint density at radius 1 is 1.18 bits per heavy atom. The molecule has 10 nitrogen and oxygen atoms in total. The third-order valence-electron chi connectivity index (χ3n) is 6.39. The molecule has 0 radical (unpaired) electrons. The fraction of sp³-hybridized carbons (Fsp3) is 0.435. The van der Waals surface area contributed by atoms with Gasteiger partial charge in [-0.3, -0.25) is 9.59 Å². The normalized spacial score (nSPS) is 21.2. The predicted molar refractivity (Wildman–Crippen MR) is 121 cm³/mol. The van der Waals surface area contributed by atoms with Gasteiger partial charge >= 0.3 is 5.97 Å². The number of ether oxygens (including phenoxy) is 1. The lowest BCUT2D eigenvalue weighted by Gasteiger charge is -2.37. The lowest BCUT2D eigenvalue weighted by atomic mass is 9.89. The second-order valence-electron chi connectivity index (χ2n) is 8.59. The third kappa shape index (κ3) is 4.51. The van der Waals surface area contributed by atoms with Crippen molar-refractivity contribution in [1.29, 1.82) is 0 Å². The maximum absolute atomic E-state index is 12.5. The van der Waals surface area contributed by atoms with Crippen molar-refractivity contribution in [1.82, 2.24) is 19.9 Å². The standard InChI is InChI=1S/C23H28N6O4/c1-15(23(2,32)21(24)31)20(30)33-18-10-8-17(9-11-18)28(22-25-12-5-13-26-22)29-19-7-4-3-6-16(19)14-27-29/h3-7,12-15,17-18,32H,8-11H2,1-2H3,(H2,24,31). The number of nitrogens with two attached hydrogens (primary N) is 1. The molecule has 1 aromatic carbocycles. The minimum Gasteiger partial charge on any atom is -0.462 e. The minimum atomic E-state index is -1.96. The van der Waals surface area contributed by atoms with Crippen LogP contribution in [0.1, 0.15) is 39.5 Å². The number of benzene rings is 1. The van der Waals surface area contributed by atoms with E-state index in [1.54, 1.807) is 18.5 Å². The molecule has 3 aromatic rings. The van der Waals surface area contributed by atoms with Crippen LogP contribution in [-0.4, -0.2) is 54.6 Å². The van der Waals surface area contributed by atoms with Gasteiger partial charge in [-0.2, -0.15) is 9.89 Å². The molecule has 2 atom stereocenters. The Morgan fingerprint density at radius 2 is 1.85 bits per heavy atom. The van der Waals surface area contributed by atoms with Gasteiger partial charge in [0.05, 0.1) is 23.7 Å². The number of carbonyl (C=O) groups is 2. The molecule has 1 saturated carbocycles. The second-order valence-corrected chi connectivity index (χ2v) is 8.59. The summed E-state index contributed by atoms with van der Waals surface area (Å²) in [6, 6.07) is 9.73. The maximum Gasteiger partial charge on any atom is 0.312 e. The van der Waals surface area contributed by atoms with E-state index in [-0.39, 0.29) is 12.1 Å². The number of fused-ring (bicyclic) bond motifs is 1.